The fraction of sp³-hybridized carbons (Fsp3) is 0.455. The summed E-state index contributed by atoms with van der Waals surface area (Å²) in [6.45, 7) is 0. The van der Waals surface area contributed by atoms with Gasteiger partial charge in [-0.1, -0.05) is 36.4 Å². The Morgan fingerprint density at radius 1 is 0.676 bits per heavy atom. The number of halogens is 1. The van der Waals surface area contributed by atoms with Crippen LogP contribution >= 0.6 is 10.7 Å². The molecular formula is C22H31ClN2O8S4. The second kappa shape index (κ2) is 13.3. The first-order chi connectivity index (χ1) is 17.1. The van der Waals surface area contributed by atoms with Crippen LogP contribution in [0.4, 0.5) is 11.4 Å². The van der Waals surface area contributed by atoms with Crippen molar-refractivity contribution >= 4 is 60.8 Å². The Morgan fingerprint density at radius 3 is 1.41 bits per heavy atom. The molecule has 4 rings (SSSR count). The summed E-state index contributed by atoms with van der Waals surface area (Å²) < 4.78 is 92.5. The Morgan fingerprint density at radius 2 is 1.05 bits per heavy atom. The lowest BCUT2D eigenvalue weighted by Gasteiger charge is -2.22. The van der Waals surface area contributed by atoms with E-state index in [9.17, 15) is 33.7 Å². The van der Waals surface area contributed by atoms with Gasteiger partial charge in [0.2, 0.25) is 19.1 Å². The number of sulfone groups is 2. The molecule has 2 aromatic rings. The molecule has 0 atom stereocenters. The van der Waals surface area contributed by atoms with Gasteiger partial charge in [0.1, 0.15) is 19.7 Å². The highest BCUT2D eigenvalue weighted by Crippen LogP contribution is 2.22. The zero-order valence-corrected chi connectivity index (χ0v) is 24.0. The van der Waals surface area contributed by atoms with Gasteiger partial charge in [0, 0.05) is 22.1 Å². The lowest BCUT2D eigenvalue weighted by Crippen LogP contribution is -2.35. The molecule has 37 heavy (non-hydrogen) atoms. The van der Waals surface area contributed by atoms with Crippen LogP contribution in [-0.2, 0) is 38.7 Å². The molecule has 2 aliphatic heterocycles. The summed E-state index contributed by atoms with van der Waals surface area (Å²) >= 11 is 0. The van der Waals surface area contributed by atoms with Crippen molar-refractivity contribution in [2.45, 2.75) is 36.2 Å². The molecule has 2 heterocycles. The summed E-state index contributed by atoms with van der Waals surface area (Å²) in [5.74, 6) is -0.228. The van der Waals surface area contributed by atoms with E-state index in [0.717, 1.165) is 5.69 Å². The molecule has 2 aromatic carbocycles. The van der Waals surface area contributed by atoms with Crippen LogP contribution < -0.4 is 10.5 Å². The summed E-state index contributed by atoms with van der Waals surface area (Å²) in [4.78, 5) is 0. The Kier molecular flexibility index (Phi) is 11.2. The van der Waals surface area contributed by atoms with E-state index in [2.05, 4.69) is 4.72 Å². The van der Waals surface area contributed by atoms with Crippen molar-refractivity contribution in [3.05, 3.63) is 60.7 Å². The first-order valence-electron chi connectivity index (χ1n) is 11.3. The van der Waals surface area contributed by atoms with Gasteiger partial charge in [0.05, 0.1) is 33.5 Å². The van der Waals surface area contributed by atoms with Crippen molar-refractivity contribution in [3.8, 4) is 0 Å². The molecule has 0 radical (unpaired) electrons. The molecule has 208 valence electrons. The summed E-state index contributed by atoms with van der Waals surface area (Å²) in [5.41, 5.74) is 6.69. The molecule has 10 nitrogen and oxygen atoms in total. The number of nitrogens with one attached hydrogen (secondary N) is 1. The van der Waals surface area contributed by atoms with E-state index in [1.54, 1.807) is 30.3 Å². The lowest BCUT2D eigenvalue weighted by atomic mass is 10.2. The lowest BCUT2D eigenvalue weighted by molar-refractivity contribution is 0.554. The minimum Gasteiger partial charge on any atom is -0.399 e. The van der Waals surface area contributed by atoms with E-state index >= 15 is 0 Å². The van der Waals surface area contributed by atoms with Crippen LogP contribution in [-0.4, -0.2) is 67.2 Å². The first-order valence-corrected chi connectivity index (χ1v) is 18.9. The van der Waals surface area contributed by atoms with Crippen LogP contribution in [0.3, 0.4) is 0 Å². The zero-order chi connectivity index (χ0) is 27.7. The van der Waals surface area contributed by atoms with Gasteiger partial charge in [-0.15, -0.1) is 0 Å². The summed E-state index contributed by atoms with van der Waals surface area (Å²) in [5, 5.41) is -1.30. The fourth-order valence-electron chi connectivity index (χ4n) is 3.54. The maximum Gasteiger partial charge on any atom is 0.235 e. The van der Waals surface area contributed by atoms with Crippen molar-refractivity contribution in [2.24, 2.45) is 0 Å². The molecule has 2 saturated heterocycles. The van der Waals surface area contributed by atoms with Crippen LogP contribution in [0.2, 0.25) is 0 Å². The molecule has 0 saturated carbocycles. The normalized spacial score (nSPS) is 19.8. The Bertz CT molecular complexity index is 1400. The monoisotopic (exact) mass is 614 g/mol. The highest BCUT2D eigenvalue weighted by Gasteiger charge is 2.33. The number of hydrogen-bond acceptors (Lipinski definition) is 9. The predicted octanol–water partition coefficient (Wildman–Crippen LogP) is 2.41. The van der Waals surface area contributed by atoms with Crippen molar-refractivity contribution < 1.29 is 33.7 Å². The minimum absolute atomic E-state index is 0.0482. The number of nitrogens with two attached hydrogens (primary N) is 1. The van der Waals surface area contributed by atoms with E-state index < -0.39 is 49.2 Å². The number of benzene rings is 2. The number of para-hydroxylation sites is 2. The molecule has 0 spiro atoms. The Labute approximate surface area is 223 Å². The third-order valence-electron chi connectivity index (χ3n) is 5.67. The molecule has 2 fully saturated rings. The standard InChI is InChI=1S/C11H15NO4S2.C6H7N.C5H9ClO4S2/c13-17(14)8-6-11(7-9-17)18(15,16)12-10-4-2-1-3-5-10;7-6-4-2-1-3-5-6;6-12(9,10)5-1-3-11(7,8)4-2-5/h1-5,11-12H,6-9H2;1-5H,7H2;5H,1-4H2. The molecular weight excluding hydrogens is 584 g/mol. The van der Waals surface area contributed by atoms with Crippen LogP contribution in [0, 0.1) is 0 Å². The molecule has 0 bridgehead atoms. The van der Waals surface area contributed by atoms with Crippen molar-refractivity contribution in [1.82, 2.24) is 0 Å². The van der Waals surface area contributed by atoms with E-state index in [1.807, 2.05) is 30.3 Å². The smallest absolute Gasteiger partial charge is 0.235 e. The number of rotatable bonds is 4. The van der Waals surface area contributed by atoms with E-state index in [1.165, 1.54) is 0 Å². The third kappa shape index (κ3) is 11.6. The molecule has 0 aliphatic carbocycles. The number of anilines is 2. The van der Waals surface area contributed by atoms with Crippen molar-refractivity contribution in [2.75, 3.05) is 33.5 Å². The fourth-order valence-corrected chi connectivity index (χ4v) is 9.94. The molecule has 15 heteroatoms. The predicted molar refractivity (Wildman–Crippen MR) is 148 cm³/mol. The van der Waals surface area contributed by atoms with E-state index in [0.29, 0.717) is 5.69 Å². The second-order valence-electron chi connectivity index (χ2n) is 8.60. The molecule has 3 N–H and O–H groups in total. The van der Waals surface area contributed by atoms with Crippen LogP contribution in [0.5, 0.6) is 0 Å². The van der Waals surface area contributed by atoms with Gasteiger partial charge in [-0.05, 0) is 49.9 Å². The molecule has 0 aromatic heterocycles. The largest absolute Gasteiger partial charge is 0.399 e. The Balaban J connectivity index is 0.000000217. The summed E-state index contributed by atoms with van der Waals surface area (Å²) in [6, 6.07) is 18.1. The highest BCUT2D eigenvalue weighted by molar-refractivity contribution is 8.14. The van der Waals surface area contributed by atoms with Crippen LogP contribution in [0.15, 0.2) is 60.7 Å². The minimum atomic E-state index is -3.57. The van der Waals surface area contributed by atoms with Gasteiger partial charge in [-0.3, -0.25) is 4.72 Å². The van der Waals surface area contributed by atoms with Gasteiger partial charge in [0.15, 0.2) is 0 Å². The van der Waals surface area contributed by atoms with Crippen molar-refractivity contribution in [1.29, 1.82) is 0 Å². The third-order valence-corrected chi connectivity index (χ3v) is 13.0. The number of hydrogen-bond donors (Lipinski definition) is 2. The average molecular weight is 615 g/mol. The SMILES string of the molecule is Nc1ccccc1.O=S1(=O)CCC(S(=O)(=O)Cl)CC1.O=S1(=O)CCC(S(=O)(=O)Nc2ccccc2)CC1. The second-order valence-corrected chi connectivity index (χ2v) is 18.1. The van der Waals surface area contributed by atoms with Gasteiger partial charge in [-0.25, -0.2) is 33.7 Å². The summed E-state index contributed by atoms with van der Waals surface area (Å²) in [6.07, 6.45) is 0.608. The van der Waals surface area contributed by atoms with Gasteiger partial charge < -0.3 is 5.73 Å². The van der Waals surface area contributed by atoms with Crippen molar-refractivity contribution in [3.63, 3.8) is 0 Å². The first kappa shape index (κ1) is 31.3. The van der Waals surface area contributed by atoms with Gasteiger partial charge in [-0.2, -0.15) is 0 Å². The maximum atomic E-state index is 12.1. The van der Waals surface area contributed by atoms with E-state index in [4.69, 9.17) is 16.4 Å². The van der Waals surface area contributed by atoms with Gasteiger partial charge in [0.25, 0.3) is 0 Å². The van der Waals surface area contributed by atoms with Crippen LogP contribution in [0.25, 0.3) is 0 Å². The Hall–Kier alpha value is -1.87. The molecule has 2 aliphatic rings. The van der Waals surface area contributed by atoms with Crippen LogP contribution in [0.1, 0.15) is 25.7 Å². The number of sulfonamides is 1. The van der Waals surface area contributed by atoms with Gasteiger partial charge >= 0.3 is 0 Å². The zero-order valence-electron chi connectivity index (χ0n) is 19.9. The average Bonchev–Trinajstić information content (AvgIpc) is 2.80. The quantitative estimate of drug-likeness (QED) is 0.387. The summed E-state index contributed by atoms with van der Waals surface area (Å²) in [7, 11) is -8.03. The molecule has 0 amide bonds. The topological polar surface area (TPSA) is 175 Å². The number of nitrogen functional groups attached to an aromatic ring is 1. The maximum absolute atomic E-state index is 12.1. The highest BCUT2D eigenvalue weighted by atomic mass is 35.7. The molecule has 0 unspecified atom stereocenters. The van der Waals surface area contributed by atoms with E-state index in [-0.39, 0.29) is 48.7 Å².